The van der Waals surface area contributed by atoms with E-state index in [1.54, 1.807) is 31.0 Å². The molecule has 1 saturated heterocycles. The minimum atomic E-state index is 0.00226. The van der Waals surface area contributed by atoms with Gasteiger partial charge in [0.05, 0.1) is 26.1 Å². The number of aryl methyl sites for hydroxylation is 1. The zero-order valence-electron chi connectivity index (χ0n) is 15.2. The summed E-state index contributed by atoms with van der Waals surface area (Å²) < 4.78 is 12.5. The number of hydrogen-bond donors (Lipinski definition) is 0. The largest absolute Gasteiger partial charge is 0.496 e. The van der Waals surface area contributed by atoms with E-state index >= 15 is 0 Å². The van der Waals surface area contributed by atoms with Crippen molar-refractivity contribution in [2.75, 3.05) is 45.3 Å². The van der Waals surface area contributed by atoms with E-state index in [1.807, 2.05) is 31.3 Å². The normalized spacial score (nSPS) is 14.6. The predicted octanol–water partition coefficient (Wildman–Crippen LogP) is 1.71. The number of ether oxygens (including phenoxy) is 2. The molecule has 1 amide bonds. The molecule has 0 radical (unpaired) electrons. The molecule has 25 heavy (non-hydrogen) atoms. The van der Waals surface area contributed by atoms with E-state index in [0.717, 1.165) is 24.3 Å². The summed E-state index contributed by atoms with van der Waals surface area (Å²) in [5.74, 6) is 1.33. The van der Waals surface area contributed by atoms with E-state index in [4.69, 9.17) is 9.47 Å². The van der Waals surface area contributed by atoms with Crippen LogP contribution in [-0.2, 0) is 7.05 Å². The number of piperazine rings is 1. The molecule has 1 aliphatic rings. The molecular formula is C18H24N4O3. The Morgan fingerprint density at radius 1 is 1.08 bits per heavy atom. The molecule has 0 aliphatic carbocycles. The van der Waals surface area contributed by atoms with E-state index in [2.05, 4.69) is 10.00 Å². The summed E-state index contributed by atoms with van der Waals surface area (Å²) in [5, 5.41) is 4.21. The van der Waals surface area contributed by atoms with Gasteiger partial charge >= 0.3 is 0 Å². The van der Waals surface area contributed by atoms with Crippen molar-refractivity contribution in [1.29, 1.82) is 0 Å². The molecule has 1 aromatic heterocycles. The van der Waals surface area contributed by atoms with Crippen molar-refractivity contribution < 1.29 is 14.3 Å². The molecular weight excluding hydrogens is 320 g/mol. The molecule has 2 heterocycles. The molecule has 7 nitrogen and oxygen atoms in total. The molecule has 0 atom stereocenters. The Balaban J connectivity index is 1.72. The van der Waals surface area contributed by atoms with Gasteiger partial charge in [-0.05, 0) is 19.1 Å². The van der Waals surface area contributed by atoms with Crippen LogP contribution in [0.3, 0.4) is 0 Å². The van der Waals surface area contributed by atoms with E-state index in [-0.39, 0.29) is 5.91 Å². The summed E-state index contributed by atoms with van der Waals surface area (Å²) >= 11 is 0. The summed E-state index contributed by atoms with van der Waals surface area (Å²) in [6.45, 7) is 4.84. The zero-order chi connectivity index (χ0) is 18.0. The maximum atomic E-state index is 12.9. The second-order valence-electron chi connectivity index (χ2n) is 6.16. The number of benzene rings is 1. The number of rotatable bonds is 4. The minimum Gasteiger partial charge on any atom is -0.496 e. The van der Waals surface area contributed by atoms with Gasteiger partial charge < -0.3 is 19.3 Å². The Bertz CT molecular complexity index is 738. The van der Waals surface area contributed by atoms with Gasteiger partial charge in [-0.25, -0.2) is 0 Å². The summed E-state index contributed by atoms with van der Waals surface area (Å²) in [7, 11) is 5.10. The lowest BCUT2D eigenvalue weighted by molar-refractivity contribution is 0.0746. The minimum absolute atomic E-state index is 0.00226. The van der Waals surface area contributed by atoms with Gasteiger partial charge in [0, 0.05) is 50.6 Å². The second kappa shape index (κ2) is 7.04. The number of carbonyl (C=O) groups excluding carboxylic acids is 1. The number of carbonyl (C=O) groups is 1. The highest BCUT2D eigenvalue weighted by Crippen LogP contribution is 2.30. The van der Waals surface area contributed by atoms with E-state index in [9.17, 15) is 4.79 Å². The fourth-order valence-electron chi connectivity index (χ4n) is 3.13. The van der Waals surface area contributed by atoms with E-state index < -0.39 is 0 Å². The standard InChI is InChI=1S/C18H24N4O3/c1-13-16(24-3)9-14(10-17(13)25-4)18(23)22-7-5-21(6-8-22)15-11-19-20(2)12-15/h9-12H,5-8H2,1-4H3. The SMILES string of the molecule is COc1cc(C(=O)N2CCN(c3cnn(C)c3)CC2)cc(OC)c1C. The lowest BCUT2D eigenvalue weighted by Crippen LogP contribution is -2.48. The van der Waals surface area contributed by atoms with Gasteiger partial charge in [0.25, 0.3) is 5.91 Å². The molecule has 0 saturated carbocycles. The highest BCUT2D eigenvalue weighted by molar-refractivity contribution is 5.95. The Labute approximate surface area is 147 Å². The first-order valence-electron chi connectivity index (χ1n) is 8.29. The highest BCUT2D eigenvalue weighted by atomic mass is 16.5. The van der Waals surface area contributed by atoms with Crippen LogP contribution in [0.4, 0.5) is 5.69 Å². The Morgan fingerprint density at radius 2 is 1.68 bits per heavy atom. The van der Waals surface area contributed by atoms with Gasteiger partial charge in [0.15, 0.2) is 0 Å². The van der Waals surface area contributed by atoms with Crippen molar-refractivity contribution in [3.8, 4) is 11.5 Å². The van der Waals surface area contributed by atoms with Crippen molar-refractivity contribution >= 4 is 11.6 Å². The van der Waals surface area contributed by atoms with Crippen LogP contribution in [0.1, 0.15) is 15.9 Å². The number of nitrogens with zero attached hydrogens (tertiary/aromatic N) is 4. The lowest BCUT2D eigenvalue weighted by atomic mass is 10.1. The predicted molar refractivity (Wildman–Crippen MR) is 95.6 cm³/mol. The number of hydrogen-bond acceptors (Lipinski definition) is 5. The van der Waals surface area contributed by atoms with Gasteiger partial charge in [0.2, 0.25) is 0 Å². The fraction of sp³-hybridized carbons (Fsp3) is 0.444. The topological polar surface area (TPSA) is 59.8 Å². The molecule has 3 rings (SSSR count). The first-order valence-corrected chi connectivity index (χ1v) is 8.29. The van der Waals surface area contributed by atoms with Crippen molar-refractivity contribution in [1.82, 2.24) is 14.7 Å². The summed E-state index contributed by atoms with van der Waals surface area (Å²) in [4.78, 5) is 17.0. The summed E-state index contributed by atoms with van der Waals surface area (Å²) in [6, 6.07) is 3.57. The molecule has 2 aromatic rings. The highest BCUT2D eigenvalue weighted by Gasteiger charge is 2.24. The Kier molecular flexibility index (Phi) is 4.83. The van der Waals surface area contributed by atoms with Crippen LogP contribution in [0.15, 0.2) is 24.5 Å². The molecule has 0 N–H and O–H groups in total. The third-order valence-electron chi connectivity index (χ3n) is 4.62. The molecule has 0 bridgehead atoms. The lowest BCUT2D eigenvalue weighted by Gasteiger charge is -2.35. The summed E-state index contributed by atoms with van der Waals surface area (Å²) in [5.41, 5.74) is 2.57. The third kappa shape index (κ3) is 3.40. The van der Waals surface area contributed by atoms with Crippen LogP contribution in [0.25, 0.3) is 0 Å². The van der Waals surface area contributed by atoms with Crippen molar-refractivity contribution in [2.45, 2.75) is 6.92 Å². The molecule has 1 aliphatic heterocycles. The molecule has 0 spiro atoms. The Morgan fingerprint density at radius 3 is 2.16 bits per heavy atom. The molecule has 134 valence electrons. The molecule has 1 fully saturated rings. The van der Waals surface area contributed by atoms with Gasteiger partial charge in [-0.1, -0.05) is 0 Å². The van der Waals surface area contributed by atoms with Crippen LogP contribution in [-0.4, -0.2) is 61.0 Å². The monoisotopic (exact) mass is 344 g/mol. The van der Waals surface area contributed by atoms with Crippen LogP contribution in [0.5, 0.6) is 11.5 Å². The maximum Gasteiger partial charge on any atom is 0.254 e. The van der Waals surface area contributed by atoms with Crippen LogP contribution in [0, 0.1) is 6.92 Å². The summed E-state index contributed by atoms with van der Waals surface area (Å²) in [6.07, 6.45) is 3.85. The fourth-order valence-corrected chi connectivity index (χ4v) is 3.13. The van der Waals surface area contributed by atoms with E-state index in [1.165, 1.54) is 0 Å². The number of anilines is 1. The van der Waals surface area contributed by atoms with Crippen molar-refractivity contribution in [2.24, 2.45) is 7.05 Å². The Hall–Kier alpha value is -2.70. The van der Waals surface area contributed by atoms with Crippen LogP contribution in [0.2, 0.25) is 0 Å². The second-order valence-corrected chi connectivity index (χ2v) is 6.16. The molecule has 7 heteroatoms. The number of methoxy groups -OCH3 is 2. The number of aromatic nitrogens is 2. The first kappa shape index (κ1) is 17.1. The molecule has 0 unspecified atom stereocenters. The van der Waals surface area contributed by atoms with Crippen LogP contribution >= 0.6 is 0 Å². The first-order chi connectivity index (χ1) is 12.0. The van der Waals surface area contributed by atoms with Crippen LogP contribution < -0.4 is 14.4 Å². The van der Waals surface area contributed by atoms with Crippen molar-refractivity contribution in [3.05, 3.63) is 35.7 Å². The number of amides is 1. The van der Waals surface area contributed by atoms with Crippen molar-refractivity contribution in [3.63, 3.8) is 0 Å². The maximum absolute atomic E-state index is 12.9. The zero-order valence-corrected chi connectivity index (χ0v) is 15.2. The quantitative estimate of drug-likeness (QED) is 0.845. The van der Waals surface area contributed by atoms with Gasteiger partial charge in [-0.15, -0.1) is 0 Å². The smallest absolute Gasteiger partial charge is 0.254 e. The third-order valence-corrected chi connectivity index (χ3v) is 4.62. The molecule has 1 aromatic carbocycles. The van der Waals surface area contributed by atoms with Gasteiger partial charge in [0.1, 0.15) is 11.5 Å². The average Bonchev–Trinajstić information content (AvgIpc) is 3.08. The van der Waals surface area contributed by atoms with Gasteiger partial charge in [-0.3, -0.25) is 9.48 Å². The van der Waals surface area contributed by atoms with E-state index in [0.29, 0.717) is 30.2 Å². The van der Waals surface area contributed by atoms with Gasteiger partial charge in [-0.2, -0.15) is 5.10 Å². The average molecular weight is 344 g/mol.